The lowest BCUT2D eigenvalue weighted by atomic mass is 10.1. The van der Waals surface area contributed by atoms with E-state index in [1.54, 1.807) is 6.07 Å². The molecular formula is C15H9F3O4. The molecular weight excluding hydrogens is 301 g/mol. The highest BCUT2D eigenvalue weighted by molar-refractivity contribution is 5.85. The number of carbonyl (C=O) groups excluding carboxylic acids is 1. The average Bonchev–Trinajstić information content (AvgIpc) is 2.43. The minimum atomic E-state index is -4.60. The van der Waals surface area contributed by atoms with Gasteiger partial charge in [-0.15, -0.1) is 6.42 Å². The fourth-order valence-electron chi connectivity index (χ4n) is 1.83. The number of ether oxygens (including phenoxy) is 1. The number of alkyl halides is 3. The van der Waals surface area contributed by atoms with Crippen LogP contribution in [-0.2, 0) is 16.0 Å². The van der Waals surface area contributed by atoms with Crippen LogP contribution >= 0.6 is 0 Å². The van der Waals surface area contributed by atoms with Gasteiger partial charge in [0.1, 0.15) is 5.58 Å². The molecule has 2 aromatic rings. The van der Waals surface area contributed by atoms with Crippen molar-refractivity contribution in [3.05, 3.63) is 45.8 Å². The second-order valence-corrected chi connectivity index (χ2v) is 4.40. The molecule has 114 valence electrons. The van der Waals surface area contributed by atoms with Crippen molar-refractivity contribution in [2.75, 3.05) is 6.61 Å². The lowest BCUT2D eigenvalue weighted by Gasteiger charge is -2.09. The van der Waals surface area contributed by atoms with E-state index in [4.69, 9.17) is 10.8 Å². The van der Waals surface area contributed by atoms with E-state index < -0.39 is 30.8 Å². The predicted molar refractivity (Wildman–Crippen MR) is 71.1 cm³/mol. The molecule has 0 aliphatic carbocycles. The summed E-state index contributed by atoms with van der Waals surface area (Å²) in [5.41, 5.74) is 0.0938. The van der Waals surface area contributed by atoms with Gasteiger partial charge in [-0.3, -0.25) is 4.79 Å². The fraction of sp³-hybridized carbons (Fsp3) is 0.200. The first-order chi connectivity index (χ1) is 10.3. The Kier molecular flexibility index (Phi) is 4.22. The van der Waals surface area contributed by atoms with E-state index in [1.165, 1.54) is 12.1 Å². The smallest absolute Gasteiger partial charge is 0.422 e. The highest BCUT2D eigenvalue weighted by atomic mass is 19.4. The minimum Gasteiger partial charge on any atom is -0.456 e. The van der Waals surface area contributed by atoms with Gasteiger partial charge >= 0.3 is 17.8 Å². The third kappa shape index (κ3) is 3.88. The molecule has 0 aliphatic rings. The average molecular weight is 310 g/mol. The van der Waals surface area contributed by atoms with Crippen LogP contribution in [0.5, 0.6) is 0 Å². The molecule has 0 spiro atoms. The van der Waals surface area contributed by atoms with Crippen LogP contribution in [0.2, 0.25) is 0 Å². The molecule has 1 aromatic heterocycles. The Bertz CT molecular complexity index is 812. The molecule has 0 amide bonds. The van der Waals surface area contributed by atoms with Crippen LogP contribution in [-0.4, -0.2) is 18.8 Å². The molecule has 0 saturated heterocycles. The Morgan fingerprint density at radius 3 is 2.68 bits per heavy atom. The number of halogens is 3. The summed E-state index contributed by atoms with van der Waals surface area (Å²) in [6.07, 6.45) is 0.147. The van der Waals surface area contributed by atoms with E-state index in [2.05, 4.69) is 10.7 Å². The van der Waals surface area contributed by atoms with E-state index in [0.717, 1.165) is 6.07 Å². The molecule has 0 saturated carbocycles. The van der Waals surface area contributed by atoms with E-state index in [1.807, 2.05) is 0 Å². The van der Waals surface area contributed by atoms with E-state index >= 15 is 0 Å². The normalized spacial score (nSPS) is 11.2. The van der Waals surface area contributed by atoms with E-state index in [9.17, 15) is 22.8 Å². The van der Waals surface area contributed by atoms with Crippen molar-refractivity contribution in [1.82, 2.24) is 0 Å². The van der Waals surface area contributed by atoms with Crippen LogP contribution in [0.3, 0.4) is 0 Å². The molecule has 4 nitrogen and oxygen atoms in total. The largest absolute Gasteiger partial charge is 0.456 e. The number of fused-ring (bicyclic) bond motifs is 1. The van der Waals surface area contributed by atoms with Gasteiger partial charge in [0, 0.05) is 17.0 Å². The molecule has 0 fully saturated rings. The number of terminal acetylenes is 1. The molecule has 22 heavy (non-hydrogen) atoms. The SMILES string of the molecule is C#Cc1ccc2c(CC(=O)OCC(F)(F)F)cc(=O)oc2c1. The van der Waals surface area contributed by atoms with Crippen molar-refractivity contribution in [3.8, 4) is 12.3 Å². The molecule has 1 heterocycles. The number of carbonyl (C=O) groups is 1. The number of benzene rings is 1. The van der Waals surface area contributed by atoms with Crippen molar-refractivity contribution in [2.45, 2.75) is 12.6 Å². The molecule has 1 aromatic carbocycles. The maximum Gasteiger partial charge on any atom is 0.422 e. The summed E-state index contributed by atoms with van der Waals surface area (Å²) in [4.78, 5) is 22.9. The van der Waals surface area contributed by atoms with Gasteiger partial charge in [0.15, 0.2) is 6.61 Å². The monoisotopic (exact) mass is 310 g/mol. The third-order valence-electron chi connectivity index (χ3n) is 2.73. The topological polar surface area (TPSA) is 56.5 Å². The van der Waals surface area contributed by atoms with Gasteiger partial charge in [0.05, 0.1) is 6.42 Å². The summed E-state index contributed by atoms with van der Waals surface area (Å²) < 4.78 is 45.1. The molecule has 0 aliphatic heterocycles. The zero-order valence-electron chi connectivity index (χ0n) is 11.1. The lowest BCUT2D eigenvalue weighted by Crippen LogP contribution is -2.21. The molecule has 0 unspecified atom stereocenters. The summed E-state index contributed by atoms with van der Waals surface area (Å²) in [6.45, 7) is -1.67. The summed E-state index contributed by atoms with van der Waals surface area (Å²) in [5, 5.41) is 0.405. The molecule has 2 rings (SSSR count). The highest BCUT2D eigenvalue weighted by Crippen LogP contribution is 2.20. The standard InChI is InChI=1S/C15H9F3O4/c1-2-9-3-4-11-10(7-14(20)22-12(11)5-9)6-13(19)21-8-15(16,17)18/h1,3-5,7H,6,8H2. The Morgan fingerprint density at radius 1 is 1.32 bits per heavy atom. The van der Waals surface area contributed by atoms with Crippen LogP contribution in [0.15, 0.2) is 33.5 Å². The van der Waals surface area contributed by atoms with Crippen molar-refractivity contribution >= 4 is 16.9 Å². The van der Waals surface area contributed by atoms with Gasteiger partial charge < -0.3 is 9.15 Å². The van der Waals surface area contributed by atoms with Gasteiger partial charge in [-0.25, -0.2) is 4.79 Å². The van der Waals surface area contributed by atoms with Crippen molar-refractivity contribution < 1.29 is 27.1 Å². The quantitative estimate of drug-likeness (QED) is 0.496. The molecule has 0 bridgehead atoms. The molecule has 0 radical (unpaired) electrons. The third-order valence-corrected chi connectivity index (χ3v) is 2.73. The Balaban J connectivity index is 2.30. The van der Waals surface area contributed by atoms with Crippen LogP contribution in [0.1, 0.15) is 11.1 Å². The first-order valence-electron chi connectivity index (χ1n) is 6.04. The summed E-state index contributed by atoms with van der Waals surface area (Å²) >= 11 is 0. The van der Waals surface area contributed by atoms with E-state index in [0.29, 0.717) is 10.9 Å². The van der Waals surface area contributed by atoms with Gasteiger partial charge in [-0.1, -0.05) is 5.92 Å². The second-order valence-electron chi connectivity index (χ2n) is 4.40. The van der Waals surface area contributed by atoms with Gasteiger partial charge in [0.2, 0.25) is 0 Å². The van der Waals surface area contributed by atoms with Gasteiger partial charge in [-0.2, -0.15) is 13.2 Å². The van der Waals surface area contributed by atoms with Gasteiger partial charge in [-0.05, 0) is 23.8 Å². The minimum absolute atomic E-state index is 0.154. The maximum absolute atomic E-state index is 12.0. The molecule has 0 atom stereocenters. The van der Waals surface area contributed by atoms with Crippen LogP contribution in [0.25, 0.3) is 11.0 Å². The highest BCUT2D eigenvalue weighted by Gasteiger charge is 2.29. The Labute approximate surface area is 122 Å². The zero-order chi connectivity index (χ0) is 16.3. The van der Waals surface area contributed by atoms with Gasteiger partial charge in [0.25, 0.3) is 0 Å². The fourth-order valence-corrected chi connectivity index (χ4v) is 1.83. The van der Waals surface area contributed by atoms with Crippen molar-refractivity contribution in [2.24, 2.45) is 0 Å². The van der Waals surface area contributed by atoms with Crippen molar-refractivity contribution in [1.29, 1.82) is 0 Å². The summed E-state index contributed by atoms with van der Waals surface area (Å²) in [6, 6.07) is 5.56. The summed E-state index contributed by atoms with van der Waals surface area (Å²) in [5.74, 6) is 1.26. The number of hydrogen-bond donors (Lipinski definition) is 0. The second kappa shape index (κ2) is 5.93. The first kappa shape index (κ1) is 15.6. The number of esters is 1. The first-order valence-corrected chi connectivity index (χ1v) is 6.04. The lowest BCUT2D eigenvalue weighted by molar-refractivity contribution is -0.185. The number of hydrogen-bond acceptors (Lipinski definition) is 4. The van der Waals surface area contributed by atoms with Crippen molar-refractivity contribution in [3.63, 3.8) is 0 Å². The Hall–Kier alpha value is -2.75. The van der Waals surface area contributed by atoms with E-state index in [-0.39, 0.29) is 11.1 Å². The predicted octanol–water partition coefficient (Wildman–Crippen LogP) is 2.42. The Morgan fingerprint density at radius 2 is 2.05 bits per heavy atom. The van der Waals surface area contributed by atoms with Crippen LogP contribution < -0.4 is 5.63 Å². The number of rotatable bonds is 3. The maximum atomic E-state index is 12.0. The summed E-state index contributed by atoms with van der Waals surface area (Å²) in [7, 11) is 0. The molecule has 0 N–H and O–H groups in total. The zero-order valence-corrected chi connectivity index (χ0v) is 11.1. The molecule has 7 heteroatoms. The van der Waals surface area contributed by atoms with Crippen LogP contribution in [0.4, 0.5) is 13.2 Å². The van der Waals surface area contributed by atoms with Crippen LogP contribution in [0, 0.1) is 12.3 Å².